The van der Waals surface area contributed by atoms with Crippen LogP contribution in [0.15, 0.2) is 71.2 Å². The minimum absolute atomic E-state index is 0.0182. The molecule has 0 aromatic heterocycles. The number of carbonyl (C=O) groups is 2. The highest BCUT2D eigenvalue weighted by Crippen LogP contribution is 2.39. The van der Waals surface area contributed by atoms with E-state index in [9.17, 15) is 14.7 Å². The first-order chi connectivity index (χ1) is 15.3. The molecule has 32 heavy (non-hydrogen) atoms. The molecule has 1 aliphatic rings. The van der Waals surface area contributed by atoms with Gasteiger partial charge in [0.15, 0.2) is 0 Å². The largest absolute Gasteiger partial charge is 0.872 e. The molecule has 1 heterocycles. The van der Waals surface area contributed by atoms with Crippen molar-refractivity contribution < 1.29 is 24.3 Å². The van der Waals surface area contributed by atoms with Gasteiger partial charge in [-0.3, -0.25) is 9.59 Å². The summed E-state index contributed by atoms with van der Waals surface area (Å²) < 4.78 is 6.46. The molecule has 0 aliphatic carbocycles. The summed E-state index contributed by atoms with van der Waals surface area (Å²) in [4.78, 5) is 28.8. The van der Waals surface area contributed by atoms with Gasteiger partial charge in [-0.2, -0.15) is 0 Å². The van der Waals surface area contributed by atoms with Crippen molar-refractivity contribution in [3.63, 3.8) is 0 Å². The Morgan fingerprint density at radius 2 is 1.94 bits per heavy atom. The van der Waals surface area contributed by atoms with Crippen molar-refractivity contribution in [2.24, 2.45) is 0 Å². The highest BCUT2D eigenvalue weighted by atomic mass is 79.9. The zero-order valence-electron chi connectivity index (χ0n) is 18.3. The Labute approximate surface area is 196 Å². The number of amides is 1. The lowest BCUT2D eigenvalue weighted by Crippen LogP contribution is -3.05. The van der Waals surface area contributed by atoms with Crippen LogP contribution in [0.25, 0.3) is 5.76 Å². The predicted octanol–water partition coefficient (Wildman–Crippen LogP) is 1.77. The standard InChI is InChI=1S/C25H27BrN2O4/c1-4-15-32-20-8-5-7-18(16-20)22-21(23(29)17-9-11-19(26)12-10-17)24(30)25(31)28(22)14-6-13-27(2)3/h4-5,7-12,16,22,29H,1,6,13-15H2,2-3H3/b23-21+. The summed E-state index contributed by atoms with van der Waals surface area (Å²) in [6.07, 6.45) is 2.35. The van der Waals surface area contributed by atoms with Crippen LogP contribution in [0, 0.1) is 0 Å². The quantitative estimate of drug-likeness (QED) is 0.247. The van der Waals surface area contributed by atoms with E-state index in [1.807, 2.05) is 20.2 Å². The van der Waals surface area contributed by atoms with Gasteiger partial charge in [-0.15, -0.1) is 0 Å². The molecule has 2 aromatic carbocycles. The molecule has 1 saturated heterocycles. The van der Waals surface area contributed by atoms with Crippen molar-refractivity contribution in [2.45, 2.75) is 12.5 Å². The fraction of sp³-hybridized carbons (Fsp3) is 0.280. The molecule has 0 spiro atoms. The topological polar surface area (TPSA) is 74.1 Å². The average Bonchev–Trinajstić information content (AvgIpc) is 3.02. The molecule has 168 valence electrons. The summed E-state index contributed by atoms with van der Waals surface area (Å²) in [6.45, 7) is 5.20. The Morgan fingerprint density at radius 1 is 1.22 bits per heavy atom. The van der Waals surface area contributed by atoms with Gasteiger partial charge in [0.1, 0.15) is 12.4 Å². The number of ether oxygens (including phenoxy) is 1. The number of likely N-dealkylation sites (tertiary alicyclic amines) is 1. The van der Waals surface area contributed by atoms with Crippen molar-refractivity contribution in [3.05, 3.63) is 82.4 Å². The molecule has 1 N–H and O–H groups in total. The third-order valence-electron chi connectivity index (χ3n) is 5.25. The zero-order chi connectivity index (χ0) is 23.3. The van der Waals surface area contributed by atoms with E-state index in [0.717, 1.165) is 11.0 Å². The summed E-state index contributed by atoms with van der Waals surface area (Å²) in [5, 5.41) is 13.4. The molecule has 1 aliphatic heterocycles. The van der Waals surface area contributed by atoms with Gasteiger partial charge in [-0.05, 0) is 35.4 Å². The van der Waals surface area contributed by atoms with Gasteiger partial charge >= 0.3 is 0 Å². The highest BCUT2D eigenvalue weighted by Gasteiger charge is 2.44. The summed E-state index contributed by atoms with van der Waals surface area (Å²) in [5.41, 5.74) is 1.02. The van der Waals surface area contributed by atoms with Crippen LogP contribution in [-0.2, 0) is 9.59 Å². The van der Waals surface area contributed by atoms with E-state index in [0.29, 0.717) is 36.4 Å². The van der Waals surface area contributed by atoms with Gasteiger partial charge in [0.25, 0.3) is 5.91 Å². The molecule has 1 atom stereocenters. The minimum Gasteiger partial charge on any atom is -0.872 e. The third kappa shape index (κ3) is 5.29. The lowest BCUT2D eigenvalue weighted by atomic mass is 9.95. The van der Waals surface area contributed by atoms with Crippen LogP contribution in [0.5, 0.6) is 5.75 Å². The number of rotatable bonds is 9. The van der Waals surface area contributed by atoms with E-state index < -0.39 is 23.5 Å². The lowest BCUT2D eigenvalue weighted by Gasteiger charge is -2.28. The molecule has 1 amide bonds. The monoisotopic (exact) mass is 498 g/mol. The van der Waals surface area contributed by atoms with Gasteiger partial charge in [0.2, 0.25) is 5.78 Å². The minimum atomic E-state index is -0.754. The van der Waals surface area contributed by atoms with Crippen LogP contribution in [0.3, 0.4) is 0 Å². The number of hydrogen-bond acceptors (Lipinski definition) is 4. The Morgan fingerprint density at radius 3 is 2.59 bits per heavy atom. The number of carbonyl (C=O) groups excluding carboxylic acids is 2. The fourth-order valence-corrected chi connectivity index (χ4v) is 4.00. The molecule has 2 aromatic rings. The van der Waals surface area contributed by atoms with E-state index in [2.05, 4.69) is 22.5 Å². The first-order valence-electron chi connectivity index (χ1n) is 10.5. The second-order valence-corrected chi connectivity index (χ2v) is 8.88. The Kier molecular flexibility index (Phi) is 7.88. The molecule has 6 nitrogen and oxygen atoms in total. The summed E-state index contributed by atoms with van der Waals surface area (Å²) in [5.74, 6) is -1.22. The summed E-state index contributed by atoms with van der Waals surface area (Å²) in [7, 11) is 4.06. The van der Waals surface area contributed by atoms with Crippen molar-refractivity contribution in [1.29, 1.82) is 0 Å². The lowest BCUT2D eigenvalue weighted by molar-refractivity contribution is -0.858. The van der Waals surface area contributed by atoms with Crippen molar-refractivity contribution in [3.8, 4) is 5.75 Å². The van der Waals surface area contributed by atoms with Crippen molar-refractivity contribution in [1.82, 2.24) is 4.90 Å². The number of ketones is 1. The maximum atomic E-state index is 13.4. The van der Waals surface area contributed by atoms with Gasteiger partial charge in [-0.25, -0.2) is 0 Å². The van der Waals surface area contributed by atoms with Crippen molar-refractivity contribution in [2.75, 3.05) is 33.8 Å². The Bertz CT molecular complexity index is 1030. The van der Waals surface area contributed by atoms with Crippen LogP contribution in [0.1, 0.15) is 23.6 Å². The molecule has 0 bridgehead atoms. The van der Waals surface area contributed by atoms with Crippen LogP contribution in [0.2, 0.25) is 0 Å². The molecule has 0 radical (unpaired) electrons. The van der Waals surface area contributed by atoms with Crippen molar-refractivity contribution >= 4 is 33.4 Å². The van der Waals surface area contributed by atoms with Crippen LogP contribution in [0.4, 0.5) is 0 Å². The number of benzene rings is 2. The van der Waals surface area contributed by atoms with E-state index in [1.54, 1.807) is 48.5 Å². The highest BCUT2D eigenvalue weighted by molar-refractivity contribution is 9.10. The molecular formula is C25H27BrN2O4. The maximum Gasteiger partial charge on any atom is 0.295 e. The zero-order valence-corrected chi connectivity index (χ0v) is 19.9. The predicted molar refractivity (Wildman–Crippen MR) is 125 cm³/mol. The number of halogens is 1. The summed E-state index contributed by atoms with van der Waals surface area (Å²) >= 11 is 3.36. The Hall–Kier alpha value is -2.90. The van der Waals surface area contributed by atoms with Gasteiger partial charge in [-0.1, -0.05) is 58.6 Å². The third-order valence-corrected chi connectivity index (χ3v) is 5.78. The van der Waals surface area contributed by atoms with E-state index in [4.69, 9.17) is 4.74 Å². The SMILES string of the molecule is C=CCOc1cccc(C2/C(=C(\[O-])c3ccc(Br)cc3)C(=O)C(=O)N2CCC[NH+](C)C)c1. The first kappa shape index (κ1) is 23.8. The van der Waals surface area contributed by atoms with Crippen LogP contribution < -0.4 is 14.7 Å². The average molecular weight is 499 g/mol. The molecular weight excluding hydrogens is 472 g/mol. The van der Waals surface area contributed by atoms with Crippen LogP contribution in [-0.4, -0.2) is 50.4 Å². The number of Topliss-reactive ketones (excluding diaryl/α,β-unsaturated/α-hetero) is 1. The second kappa shape index (κ2) is 10.6. The molecule has 1 fully saturated rings. The van der Waals surface area contributed by atoms with Crippen LogP contribution >= 0.6 is 15.9 Å². The Balaban J connectivity index is 2.08. The normalized spacial score (nSPS) is 17.8. The number of hydrogen-bond donors (Lipinski definition) is 1. The van der Waals surface area contributed by atoms with Gasteiger partial charge < -0.3 is 19.6 Å². The smallest absolute Gasteiger partial charge is 0.295 e. The fourth-order valence-electron chi connectivity index (χ4n) is 3.74. The van der Waals surface area contributed by atoms with Gasteiger partial charge in [0.05, 0.1) is 26.7 Å². The number of nitrogens with one attached hydrogen (secondary N) is 1. The van der Waals surface area contributed by atoms with E-state index >= 15 is 0 Å². The van der Waals surface area contributed by atoms with Gasteiger partial charge in [0, 0.05) is 23.0 Å². The first-order valence-corrected chi connectivity index (χ1v) is 11.3. The summed E-state index contributed by atoms with van der Waals surface area (Å²) in [6, 6.07) is 13.2. The maximum absolute atomic E-state index is 13.4. The molecule has 3 rings (SSSR count). The number of nitrogens with zero attached hydrogens (tertiary/aromatic N) is 1. The molecule has 0 saturated carbocycles. The second-order valence-electron chi connectivity index (χ2n) is 7.96. The molecule has 1 unspecified atom stereocenters. The van der Waals surface area contributed by atoms with E-state index in [-0.39, 0.29) is 5.57 Å². The molecule has 7 heteroatoms. The number of quaternary nitrogens is 1. The van der Waals surface area contributed by atoms with E-state index in [1.165, 1.54) is 9.80 Å².